The van der Waals surface area contributed by atoms with E-state index >= 15 is 0 Å². The number of nitrogens with zero attached hydrogens (tertiary/aromatic N) is 1. The molecule has 0 radical (unpaired) electrons. The van der Waals surface area contributed by atoms with Gasteiger partial charge < -0.3 is 9.84 Å². The van der Waals surface area contributed by atoms with Crippen molar-refractivity contribution in [1.82, 2.24) is 0 Å². The SMILES string of the molecule is COc1ccc(N=C=O)cc1C(=O)O. The normalized spacial score (nSPS) is 8.93. The standard InChI is InChI=1S/C9H7NO4/c1-14-8-3-2-6(10-5-11)4-7(8)9(12)13/h2-4H,1H3,(H,12,13). The summed E-state index contributed by atoms with van der Waals surface area (Å²) in [5, 5.41) is 8.77. The van der Waals surface area contributed by atoms with Gasteiger partial charge in [0.25, 0.3) is 0 Å². The number of isocyanates is 1. The van der Waals surface area contributed by atoms with Gasteiger partial charge in [-0.3, -0.25) is 0 Å². The molecule has 0 amide bonds. The molecule has 5 nitrogen and oxygen atoms in total. The molecule has 0 aromatic heterocycles. The molecule has 0 aliphatic heterocycles. The van der Waals surface area contributed by atoms with Crippen LogP contribution in [0, 0.1) is 0 Å². The number of carbonyl (C=O) groups is 1. The van der Waals surface area contributed by atoms with E-state index in [-0.39, 0.29) is 17.0 Å². The van der Waals surface area contributed by atoms with E-state index in [4.69, 9.17) is 9.84 Å². The van der Waals surface area contributed by atoms with Crippen LogP contribution in [0.5, 0.6) is 5.75 Å². The van der Waals surface area contributed by atoms with Crippen molar-refractivity contribution < 1.29 is 19.4 Å². The highest BCUT2D eigenvalue weighted by atomic mass is 16.5. The van der Waals surface area contributed by atoms with E-state index in [1.165, 1.54) is 31.4 Å². The average Bonchev–Trinajstić information content (AvgIpc) is 2.18. The van der Waals surface area contributed by atoms with Gasteiger partial charge >= 0.3 is 5.97 Å². The Labute approximate surface area is 79.7 Å². The number of aromatic carboxylic acids is 1. The molecule has 0 saturated heterocycles. The monoisotopic (exact) mass is 193 g/mol. The van der Waals surface area contributed by atoms with Gasteiger partial charge in [0.15, 0.2) is 0 Å². The Kier molecular flexibility index (Phi) is 2.99. The maximum Gasteiger partial charge on any atom is 0.339 e. The molecule has 0 aliphatic carbocycles. The third-order valence-corrected chi connectivity index (χ3v) is 1.59. The number of carbonyl (C=O) groups excluding carboxylic acids is 1. The minimum Gasteiger partial charge on any atom is -0.496 e. The van der Waals surface area contributed by atoms with Crippen LogP contribution in [0.4, 0.5) is 5.69 Å². The minimum absolute atomic E-state index is 0.0380. The Morgan fingerprint density at radius 1 is 1.57 bits per heavy atom. The lowest BCUT2D eigenvalue weighted by atomic mass is 10.2. The summed E-state index contributed by atoms with van der Waals surface area (Å²) < 4.78 is 4.82. The Balaban J connectivity index is 3.27. The number of ether oxygens (including phenoxy) is 1. The number of carboxylic acids is 1. The summed E-state index contributed by atoms with van der Waals surface area (Å²) in [6, 6.07) is 4.14. The van der Waals surface area contributed by atoms with Gasteiger partial charge in [-0.1, -0.05) is 0 Å². The van der Waals surface area contributed by atoms with E-state index in [9.17, 15) is 9.59 Å². The van der Waals surface area contributed by atoms with Crippen LogP contribution >= 0.6 is 0 Å². The van der Waals surface area contributed by atoms with Gasteiger partial charge in [-0.15, -0.1) is 0 Å². The number of aliphatic imine (C=N–C) groups is 1. The predicted octanol–water partition coefficient (Wildman–Crippen LogP) is 1.36. The van der Waals surface area contributed by atoms with Gasteiger partial charge in [0.05, 0.1) is 12.8 Å². The number of benzene rings is 1. The molecule has 1 N–H and O–H groups in total. The topological polar surface area (TPSA) is 76.0 Å². The van der Waals surface area contributed by atoms with E-state index < -0.39 is 5.97 Å². The van der Waals surface area contributed by atoms with Crippen LogP contribution in [0.3, 0.4) is 0 Å². The van der Waals surface area contributed by atoms with Crippen LogP contribution in [0.25, 0.3) is 0 Å². The van der Waals surface area contributed by atoms with Crippen LogP contribution in [0.1, 0.15) is 10.4 Å². The molecular formula is C9H7NO4. The second kappa shape index (κ2) is 4.20. The molecule has 0 heterocycles. The van der Waals surface area contributed by atoms with Crippen molar-refractivity contribution in [3.63, 3.8) is 0 Å². The Morgan fingerprint density at radius 2 is 2.29 bits per heavy atom. The van der Waals surface area contributed by atoms with Crippen LogP contribution in [0.15, 0.2) is 23.2 Å². The zero-order valence-electron chi connectivity index (χ0n) is 7.35. The second-order valence-corrected chi connectivity index (χ2v) is 2.39. The van der Waals surface area contributed by atoms with Crippen molar-refractivity contribution in [3.05, 3.63) is 23.8 Å². The molecule has 14 heavy (non-hydrogen) atoms. The number of hydrogen-bond acceptors (Lipinski definition) is 4. The van der Waals surface area contributed by atoms with Gasteiger partial charge in [0, 0.05) is 0 Å². The van der Waals surface area contributed by atoms with Crippen molar-refractivity contribution in [2.45, 2.75) is 0 Å². The number of rotatable bonds is 3. The third-order valence-electron chi connectivity index (χ3n) is 1.59. The molecule has 0 unspecified atom stereocenters. The summed E-state index contributed by atoms with van der Waals surface area (Å²) in [5.74, 6) is -0.910. The highest BCUT2D eigenvalue weighted by molar-refractivity contribution is 5.92. The zero-order valence-corrected chi connectivity index (χ0v) is 7.35. The summed E-state index contributed by atoms with van der Waals surface area (Å²) in [5.41, 5.74) is 0.196. The lowest BCUT2D eigenvalue weighted by molar-refractivity contribution is 0.0693. The van der Waals surface area contributed by atoms with E-state index in [0.29, 0.717) is 0 Å². The lowest BCUT2D eigenvalue weighted by Crippen LogP contribution is -1.99. The summed E-state index contributed by atoms with van der Waals surface area (Å²) >= 11 is 0. The fourth-order valence-electron chi connectivity index (χ4n) is 0.985. The fraction of sp³-hybridized carbons (Fsp3) is 0.111. The van der Waals surface area contributed by atoms with Gasteiger partial charge in [-0.05, 0) is 18.2 Å². The highest BCUT2D eigenvalue weighted by Crippen LogP contribution is 2.23. The van der Waals surface area contributed by atoms with E-state index in [1.807, 2.05) is 0 Å². The zero-order chi connectivity index (χ0) is 10.6. The molecule has 0 aliphatic rings. The minimum atomic E-state index is -1.13. The first kappa shape index (κ1) is 9.95. The van der Waals surface area contributed by atoms with Crippen molar-refractivity contribution in [1.29, 1.82) is 0 Å². The molecule has 0 saturated carbocycles. The summed E-state index contributed by atoms with van der Waals surface area (Å²) in [6.07, 6.45) is 1.33. The molecule has 1 aromatic carbocycles. The largest absolute Gasteiger partial charge is 0.496 e. The molecule has 1 rings (SSSR count). The Hall–Kier alpha value is -2.13. The first-order valence-corrected chi connectivity index (χ1v) is 3.68. The maximum atomic E-state index is 10.7. The first-order valence-electron chi connectivity index (χ1n) is 3.68. The van der Waals surface area contributed by atoms with E-state index in [0.717, 1.165) is 0 Å². The molecule has 1 aromatic rings. The van der Waals surface area contributed by atoms with Gasteiger partial charge in [0.1, 0.15) is 11.3 Å². The molecule has 0 fully saturated rings. The molecule has 0 spiro atoms. The lowest BCUT2D eigenvalue weighted by Gasteiger charge is -2.03. The van der Waals surface area contributed by atoms with E-state index in [1.54, 1.807) is 0 Å². The first-order chi connectivity index (χ1) is 6.69. The summed E-state index contributed by atoms with van der Waals surface area (Å²) in [7, 11) is 1.37. The third kappa shape index (κ3) is 1.97. The van der Waals surface area contributed by atoms with Gasteiger partial charge in [-0.25, -0.2) is 9.59 Å². The predicted molar refractivity (Wildman–Crippen MR) is 47.7 cm³/mol. The second-order valence-electron chi connectivity index (χ2n) is 2.39. The quantitative estimate of drug-likeness (QED) is 0.580. The van der Waals surface area contributed by atoms with Crippen LogP contribution < -0.4 is 4.74 Å². The van der Waals surface area contributed by atoms with Crippen LogP contribution in [-0.4, -0.2) is 24.3 Å². The van der Waals surface area contributed by atoms with Crippen molar-refractivity contribution in [2.24, 2.45) is 4.99 Å². The van der Waals surface area contributed by atoms with Crippen molar-refractivity contribution in [2.75, 3.05) is 7.11 Å². The van der Waals surface area contributed by atoms with Crippen LogP contribution in [-0.2, 0) is 4.79 Å². The van der Waals surface area contributed by atoms with Gasteiger partial charge in [0.2, 0.25) is 6.08 Å². The molecule has 5 heteroatoms. The van der Waals surface area contributed by atoms with Crippen molar-refractivity contribution >= 4 is 17.7 Å². The summed E-state index contributed by atoms with van der Waals surface area (Å²) in [6.45, 7) is 0. The molecule has 0 atom stereocenters. The highest BCUT2D eigenvalue weighted by Gasteiger charge is 2.10. The van der Waals surface area contributed by atoms with Crippen LogP contribution in [0.2, 0.25) is 0 Å². The molecule has 72 valence electrons. The summed E-state index contributed by atoms with van der Waals surface area (Å²) in [4.78, 5) is 24.0. The fourth-order valence-corrected chi connectivity index (χ4v) is 0.985. The number of hydrogen-bond donors (Lipinski definition) is 1. The molecular weight excluding hydrogens is 186 g/mol. The van der Waals surface area contributed by atoms with E-state index in [2.05, 4.69) is 4.99 Å². The van der Waals surface area contributed by atoms with Gasteiger partial charge in [-0.2, -0.15) is 4.99 Å². The Morgan fingerprint density at radius 3 is 2.79 bits per heavy atom. The van der Waals surface area contributed by atoms with Crippen molar-refractivity contribution in [3.8, 4) is 5.75 Å². The Bertz CT molecular complexity index is 407. The smallest absolute Gasteiger partial charge is 0.339 e. The molecule has 0 bridgehead atoms. The average molecular weight is 193 g/mol. The number of carboxylic acid groups (broad SMARTS) is 1. The number of methoxy groups -OCH3 is 1. The maximum absolute atomic E-state index is 10.7.